The number of carboxylic acids is 1. The number of carboxylic acid groups (broad SMARTS) is 1. The highest BCUT2D eigenvalue weighted by Gasteiger charge is 2.32. The molecule has 174 valence electrons. The van der Waals surface area contributed by atoms with Crippen LogP contribution in [0.5, 0.6) is 11.5 Å². The van der Waals surface area contributed by atoms with Gasteiger partial charge >= 0.3 is 5.97 Å². The molecule has 0 saturated carbocycles. The summed E-state index contributed by atoms with van der Waals surface area (Å²) >= 11 is 4.75. The lowest BCUT2D eigenvalue weighted by atomic mass is 10.1. The van der Waals surface area contributed by atoms with Crippen LogP contribution in [-0.2, 0) is 16.0 Å². The molecule has 1 amide bonds. The minimum atomic E-state index is -1.08. The fourth-order valence-corrected chi connectivity index (χ4v) is 4.88. The first-order valence-corrected chi connectivity index (χ1v) is 12.2. The predicted octanol–water partition coefficient (Wildman–Crippen LogP) is 5.50. The molecule has 0 radical (unpaired) electrons. The lowest BCUT2D eigenvalue weighted by molar-refractivity contribution is -0.139. The zero-order valence-corrected chi connectivity index (χ0v) is 21.0. The molecule has 0 atom stereocenters. The number of carbonyl (C=O) groups excluding carboxylic acids is 1. The van der Waals surface area contributed by atoms with Gasteiger partial charge in [-0.1, -0.05) is 25.1 Å². The summed E-state index contributed by atoms with van der Waals surface area (Å²) in [6, 6.07) is 11.4. The third kappa shape index (κ3) is 5.97. The zero-order chi connectivity index (χ0) is 24.0. The Hall–Kier alpha value is -2.78. The Balaban J connectivity index is 1.96. The van der Waals surface area contributed by atoms with Crippen molar-refractivity contribution in [3.8, 4) is 11.5 Å². The Morgan fingerprint density at radius 1 is 1.21 bits per heavy atom. The van der Waals surface area contributed by atoms with E-state index in [0.717, 1.165) is 23.2 Å². The second-order valence-electron chi connectivity index (χ2n) is 6.98. The smallest absolute Gasteiger partial charge is 0.341 e. The number of halogens is 1. The van der Waals surface area contributed by atoms with E-state index in [1.165, 1.54) is 11.8 Å². The summed E-state index contributed by atoms with van der Waals surface area (Å²) in [5, 5.41) is 9.56. The van der Waals surface area contributed by atoms with Crippen LogP contribution in [0.2, 0.25) is 0 Å². The number of hydrogen-bond donors (Lipinski definition) is 1. The molecule has 0 spiro atoms. The monoisotopic (exact) mass is 532 g/mol. The van der Waals surface area contributed by atoms with Gasteiger partial charge < -0.3 is 14.6 Å². The fraction of sp³-hybridized carbons (Fsp3) is 0.292. The van der Waals surface area contributed by atoms with Gasteiger partial charge in [0.2, 0.25) is 0 Å². The molecule has 0 bridgehead atoms. The molecule has 1 fully saturated rings. The highest BCUT2D eigenvalue weighted by atomic mass is 79.9. The number of thioether (sulfide) groups is 1. The van der Waals surface area contributed by atoms with E-state index < -0.39 is 12.6 Å². The topological polar surface area (TPSA) is 88.4 Å². The molecule has 2 aromatic rings. The largest absolute Gasteiger partial charge is 0.490 e. The number of nitrogens with zero attached hydrogens (tertiary/aromatic N) is 2. The zero-order valence-electron chi connectivity index (χ0n) is 18.6. The van der Waals surface area contributed by atoms with Crippen molar-refractivity contribution in [2.24, 2.45) is 4.99 Å². The van der Waals surface area contributed by atoms with Gasteiger partial charge in [-0.25, -0.2) is 9.79 Å². The summed E-state index contributed by atoms with van der Waals surface area (Å²) < 4.78 is 11.6. The Labute approximate surface area is 205 Å². The van der Waals surface area contributed by atoms with E-state index in [4.69, 9.17) is 19.6 Å². The third-order valence-corrected chi connectivity index (χ3v) is 6.36. The Kier molecular flexibility index (Phi) is 8.57. The lowest BCUT2D eigenvalue weighted by Gasteiger charge is -2.14. The van der Waals surface area contributed by atoms with Crippen LogP contribution in [0.3, 0.4) is 0 Å². The molecule has 3 rings (SSSR count). The molecule has 0 aromatic heterocycles. The van der Waals surface area contributed by atoms with E-state index in [1.54, 1.807) is 23.1 Å². The summed E-state index contributed by atoms with van der Waals surface area (Å²) in [7, 11) is 0. The first-order valence-electron chi connectivity index (χ1n) is 10.6. The van der Waals surface area contributed by atoms with Crippen molar-refractivity contribution in [1.82, 2.24) is 4.90 Å². The van der Waals surface area contributed by atoms with Crippen molar-refractivity contribution >= 4 is 56.5 Å². The number of hydrogen-bond acceptors (Lipinski definition) is 6. The number of aliphatic carboxylic acids is 1. The predicted molar refractivity (Wildman–Crippen MR) is 134 cm³/mol. The minimum absolute atomic E-state index is 0.115. The summed E-state index contributed by atoms with van der Waals surface area (Å²) in [5.74, 6) is -0.496. The molecular weight excluding hydrogens is 508 g/mol. The maximum atomic E-state index is 13.1. The van der Waals surface area contributed by atoms with Gasteiger partial charge in [-0.3, -0.25) is 9.69 Å². The van der Waals surface area contributed by atoms with E-state index in [0.29, 0.717) is 39.2 Å². The van der Waals surface area contributed by atoms with Crippen molar-refractivity contribution in [2.45, 2.75) is 27.2 Å². The molecule has 1 aliphatic rings. The summed E-state index contributed by atoms with van der Waals surface area (Å²) in [6.45, 7) is 6.21. The van der Waals surface area contributed by atoms with Gasteiger partial charge in [0.05, 0.1) is 21.7 Å². The van der Waals surface area contributed by atoms with E-state index in [9.17, 15) is 9.59 Å². The van der Waals surface area contributed by atoms with Crippen LogP contribution in [0, 0.1) is 0 Å². The van der Waals surface area contributed by atoms with Crippen molar-refractivity contribution in [3.63, 3.8) is 0 Å². The lowest BCUT2D eigenvalue weighted by Crippen LogP contribution is -2.28. The van der Waals surface area contributed by atoms with E-state index in [-0.39, 0.29) is 5.91 Å². The van der Waals surface area contributed by atoms with Gasteiger partial charge in [0.25, 0.3) is 5.91 Å². The second kappa shape index (κ2) is 11.4. The summed E-state index contributed by atoms with van der Waals surface area (Å²) in [6.07, 6.45) is 2.63. The number of para-hydroxylation sites is 1. The molecule has 0 unspecified atom stereocenters. The van der Waals surface area contributed by atoms with Crippen LogP contribution in [0.4, 0.5) is 5.69 Å². The Bertz CT molecular complexity index is 1120. The van der Waals surface area contributed by atoms with E-state index >= 15 is 0 Å². The van der Waals surface area contributed by atoms with Gasteiger partial charge in [-0.05, 0) is 83.4 Å². The summed E-state index contributed by atoms with van der Waals surface area (Å²) in [4.78, 5) is 30.9. The van der Waals surface area contributed by atoms with Gasteiger partial charge in [-0.2, -0.15) is 0 Å². The van der Waals surface area contributed by atoms with Crippen LogP contribution >= 0.6 is 27.7 Å². The van der Waals surface area contributed by atoms with Crippen molar-refractivity contribution in [2.75, 3.05) is 19.8 Å². The van der Waals surface area contributed by atoms with Crippen LogP contribution in [0.1, 0.15) is 31.9 Å². The third-order valence-electron chi connectivity index (χ3n) is 4.76. The normalized spacial score (nSPS) is 16.0. The number of rotatable bonds is 9. The molecule has 33 heavy (non-hydrogen) atoms. The SMILES string of the molecule is CCOc1cc(/C=C2/SC(=Nc3ccccc3CC)N(CC)C2=O)cc(Br)c1OCC(=O)O. The highest BCUT2D eigenvalue weighted by Crippen LogP contribution is 2.40. The molecular formula is C24H25BrN2O5S. The highest BCUT2D eigenvalue weighted by molar-refractivity contribution is 9.10. The fourth-order valence-electron chi connectivity index (χ4n) is 3.25. The molecule has 9 heteroatoms. The first-order chi connectivity index (χ1) is 15.9. The van der Waals surface area contributed by atoms with Crippen molar-refractivity contribution in [3.05, 3.63) is 56.9 Å². The quantitative estimate of drug-likeness (QED) is 0.429. The molecule has 2 aromatic carbocycles. The van der Waals surface area contributed by atoms with Gasteiger partial charge in [0.1, 0.15) is 0 Å². The van der Waals surface area contributed by atoms with Gasteiger partial charge in [-0.15, -0.1) is 0 Å². The average Bonchev–Trinajstić information content (AvgIpc) is 3.07. The van der Waals surface area contributed by atoms with Crippen LogP contribution < -0.4 is 9.47 Å². The van der Waals surface area contributed by atoms with Crippen LogP contribution in [0.15, 0.2) is 50.8 Å². The molecule has 7 nitrogen and oxygen atoms in total. The van der Waals surface area contributed by atoms with Gasteiger partial charge in [0.15, 0.2) is 23.3 Å². The molecule has 1 heterocycles. The average molecular weight is 533 g/mol. The van der Waals surface area contributed by atoms with Crippen molar-refractivity contribution in [1.29, 1.82) is 0 Å². The number of aliphatic imine (C=N–C) groups is 1. The standard InChI is InChI=1S/C24H25BrN2O5S/c1-4-16-9-7-8-10-18(16)26-24-27(5-2)23(30)20(33-24)13-15-11-17(25)22(32-14-21(28)29)19(12-15)31-6-3/h7-13H,4-6,14H2,1-3H3,(H,28,29)/b20-13+,26-24?. The maximum Gasteiger partial charge on any atom is 0.341 e. The first kappa shape index (κ1) is 24.9. The minimum Gasteiger partial charge on any atom is -0.490 e. The van der Waals surface area contributed by atoms with E-state index in [2.05, 4.69) is 22.9 Å². The van der Waals surface area contributed by atoms with Crippen LogP contribution in [-0.4, -0.2) is 46.8 Å². The second-order valence-corrected chi connectivity index (χ2v) is 8.85. The summed E-state index contributed by atoms with van der Waals surface area (Å²) in [5.41, 5.74) is 2.69. The Morgan fingerprint density at radius 2 is 1.97 bits per heavy atom. The van der Waals surface area contributed by atoms with Crippen molar-refractivity contribution < 1.29 is 24.2 Å². The van der Waals surface area contributed by atoms with E-state index in [1.807, 2.05) is 38.1 Å². The number of aryl methyl sites for hydroxylation is 1. The number of amides is 1. The maximum absolute atomic E-state index is 13.1. The number of ether oxygens (including phenoxy) is 2. The number of benzene rings is 2. The number of carbonyl (C=O) groups is 2. The number of likely N-dealkylation sites (N-methyl/N-ethyl adjacent to an activating group) is 1. The van der Waals surface area contributed by atoms with Crippen LogP contribution in [0.25, 0.3) is 6.08 Å². The Morgan fingerprint density at radius 3 is 2.64 bits per heavy atom. The molecule has 1 saturated heterocycles. The van der Waals surface area contributed by atoms with Gasteiger partial charge in [0, 0.05) is 6.54 Å². The number of amidine groups is 1. The molecule has 1 N–H and O–H groups in total. The molecule has 0 aliphatic carbocycles. The molecule has 1 aliphatic heterocycles.